The summed E-state index contributed by atoms with van der Waals surface area (Å²) in [6.45, 7) is 2.62. The highest BCUT2D eigenvalue weighted by molar-refractivity contribution is 7.80. The quantitative estimate of drug-likeness (QED) is 0.00820. The van der Waals surface area contributed by atoms with E-state index in [0.717, 1.165) is 10.1 Å². The monoisotopic (exact) mass is 1230 g/mol. The van der Waals surface area contributed by atoms with Gasteiger partial charge in [-0.2, -0.15) is 25.3 Å². The van der Waals surface area contributed by atoms with Crippen molar-refractivity contribution in [3.8, 4) is 0 Å². The molecular formula is C57H73N13O12S3. The first-order valence-corrected chi connectivity index (χ1v) is 29.4. The molecule has 3 aromatic carbocycles. The molecule has 456 valence electrons. The predicted molar refractivity (Wildman–Crippen MR) is 327 cm³/mol. The van der Waals surface area contributed by atoms with Crippen molar-refractivity contribution < 1.29 is 58.8 Å². The highest BCUT2D eigenvalue weighted by Crippen LogP contribution is 2.27. The van der Waals surface area contributed by atoms with Gasteiger partial charge in [-0.05, 0) is 91.4 Å². The first-order valence-electron chi connectivity index (χ1n) is 27.3. The maximum absolute atomic E-state index is 15.1. The number of hydrogen-bond acceptors (Lipinski definition) is 19. The Morgan fingerprint density at radius 2 is 1.12 bits per heavy atom. The van der Waals surface area contributed by atoms with E-state index in [9.17, 15) is 54.0 Å². The molecule has 6 rings (SSSR count). The number of benzene rings is 3. The van der Waals surface area contributed by atoms with Gasteiger partial charge in [-0.15, -0.1) is 11.3 Å². The van der Waals surface area contributed by atoms with Crippen molar-refractivity contribution in [1.82, 2.24) is 52.5 Å². The van der Waals surface area contributed by atoms with Crippen LogP contribution >= 0.6 is 36.6 Å². The molecule has 85 heavy (non-hydrogen) atoms. The SMILES string of the molecule is C[C@@H](O)[C@H](NC(=O)[C@H](CCCCN)NC(=O)[C@@H](Cc1c[nH]c2ccccc12)NC(=O)[C@H](Cc1csc2ccccc12)NC(=O)[C@H](CS)NC(=O)[C@@H](Cc1ccccc1)NC(=O)c1ccc(NN)nc1)C(=O)N[C@@H](CS)C(=O)N[C@H](C(O)O)[C@@H](C)O. The molecule has 8 amide bonds. The smallest absolute Gasteiger partial charge is 0.253 e. The molecule has 0 aliphatic heterocycles. The number of unbranched alkanes of at least 4 members (excludes halogenated alkanes) is 1. The van der Waals surface area contributed by atoms with Crippen LogP contribution in [0.2, 0.25) is 0 Å². The number of aliphatic hydroxyl groups excluding tert-OH is 3. The van der Waals surface area contributed by atoms with Gasteiger partial charge in [0.25, 0.3) is 5.91 Å². The van der Waals surface area contributed by atoms with E-state index in [2.05, 4.69) is 83.2 Å². The average molecular weight is 1230 g/mol. The summed E-state index contributed by atoms with van der Waals surface area (Å²) in [7, 11) is 0. The Morgan fingerprint density at radius 1 is 0.576 bits per heavy atom. The lowest BCUT2D eigenvalue weighted by atomic mass is 10.0. The van der Waals surface area contributed by atoms with E-state index >= 15 is 4.79 Å². The Hall–Kier alpha value is -7.67. The lowest BCUT2D eigenvalue weighted by molar-refractivity contribution is -0.138. The van der Waals surface area contributed by atoms with E-state index in [1.165, 1.54) is 43.5 Å². The molecule has 0 fully saturated rings. The fourth-order valence-corrected chi connectivity index (χ4v) is 10.6. The molecule has 28 heteroatoms. The number of H-pyrrole nitrogens is 1. The summed E-state index contributed by atoms with van der Waals surface area (Å²) in [5.74, 6) is -1.75. The van der Waals surface area contributed by atoms with Crippen LogP contribution in [0.25, 0.3) is 21.0 Å². The number of aliphatic hydroxyl groups is 4. The zero-order chi connectivity index (χ0) is 61.7. The van der Waals surface area contributed by atoms with E-state index in [0.29, 0.717) is 39.8 Å². The number of para-hydroxylation sites is 1. The van der Waals surface area contributed by atoms with Crippen LogP contribution < -0.4 is 59.5 Å². The number of nitrogen functional groups attached to an aromatic ring is 1. The number of rotatable bonds is 32. The summed E-state index contributed by atoms with van der Waals surface area (Å²) < 4.78 is 0.889. The highest BCUT2D eigenvalue weighted by atomic mass is 32.1. The summed E-state index contributed by atoms with van der Waals surface area (Å²) in [5.41, 5.74) is 11.0. The van der Waals surface area contributed by atoms with Crippen molar-refractivity contribution in [2.24, 2.45) is 11.6 Å². The van der Waals surface area contributed by atoms with Gasteiger partial charge in [-0.25, -0.2) is 10.8 Å². The number of aromatic amines is 1. The molecule has 0 aliphatic rings. The summed E-state index contributed by atoms with van der Waals surface area (Å²) in [4.78, 5) is 121. The van der Waals surface area contributed by atoms with Gasteiger partial charge in [-0.3, -0.25) is 38.4 Å². The van der Waals surface area contributed by atoms with E-state index < -0.39 is 114 Å². The first-order chi connectivity index (χ1) is 40.7. The van der Waals surface area contributed by atoms with Gasteiger partial charge in [0.05, 0.1) is 17.8 Å². The Labute approximate surface area is 504 Å². The van der Waals surface area contributed by atoms with Crippen molar-refractivity contribution in [3.05, 3.63) is 131 Å². The largest absolute Gasteiger partial charge is 0.391 e. The minimum atomic E-state index is -2.17. The van der Waals surface area contributed by atoms with Gasteiger partial charge in [0.1, 0.15) is 54.2 Å². The summed E-state index contributed by atoms with van der Waals surface area (Å²) in [6.07, 6.45) is -1.86. The molecule has 18 N–H and O–H groups in total. The van der Waals surface area contributed by atoms with Gasteiger partial charge in [0.2, 0.25) is 41.4 Å². The van der Waals surface area contributed by atoms with Crippen molar-refractivity contribution >= 4 is 111 Å². The molecule has 25 nitrogen and oxygen atoms in total. The number of thiophene rings is 1. The Kier molecular flexibility index (Phi) is 25.5. The Morgan fingerprint density at radius 3 is 1.71 bits per heavy atom. The standard InChI is InChI=1S/C57H73N13O12S3/c1-30(71)47(56(80)67-44(28-84)55(79)69-48(31(2)72)57(81)82)68-50(74)39(17-10-11-21-58)62-52(76)41(23-34-26-60-38-16-8-6-14-36(34)38)64-53(77)42(24-35-29-85-45-18-9-7-15-37(35)45)65-54(78)43(27-83)66-51(75)40(22-32-12-4-3-5-13-32)63-49(73)33-19-20-46(70-59)61-25-33/h3-9,12-16,18-20,25-26,29-31,39-44,47-48,57,60,71-72,81-84H,10-11,17,21-24,27-28,58-59H2,1-2H3,(H,61,70)(H,62,76)(H,63,73)(H,64,77)(H,65,78)(H,66,75)(H,67,80)(H,68,74)(H,69,79)/t30-,31-,39+,40-,41-,42+,43+,44+,47+,48+/m1/s1. The minimum absolute atomic E-state index is 0.0145. The number of carbonyl (C=O) groups excluding carboxylic acids is 8. The molecule has 0 spiro atoms. The van der Waals surface area contributed by atoms with Crippen LogP contribution in [-0.4, -0.2) is 163 Å². The first kappa shape index (κ1) is 66.5. The molecular weight excluding hydrogens is 1150 g/mol. The third-order valence-corrected chi connectivity index (χ3v) is 15.6. The molecule has 0 saturated heterocycles. The van der Waals surface area contributed by atoms with Crippen LogP contribution in [-0.2, 0) is 52.8 Å². The van der Waals surface area contributed by atoms with Crippen LogP contribution in [0, 0.1) is 0 Å². The number of fused-ring (bicyclic) bond motifs is 2. The topological polar surface area (TPSA) is 406 Å². The van der Waals surface area contributed by atoms with Crippen LogP contribution in [0.15, 0.2) is 109 Å². The zero-order valence-corrected chi connectivity index (χ0v) is 49.2. The van der Waals surface area contributed by atoms with Crippen molar-refractivity contribution in [1.29, 1.82) is 0 Å². The van der Waals surface area contributed by atoms with Crippen LogP contribution in [0.3, 0.4) is 0 Å². The Bertz CT molecular complexity index is 3210. The van der Waals surface area contributed by atoms with Crippen LogP contribution in [0.4, 0.5) is 5.82 Å². The number of anilines is 1. The normalized spacial score (nSPS) is 14.9. The third-order valence-electron chi connectivity index (χ3n) is 13.9. The van der Waals surface area contributed by atoms with E-state index in [4.69, 9.17) is 11.6 Å². The lowest BCUT2D eigenvalue weighted by Crippen LogP contribution is -2.62. The molecule has 3 aromatic heterocycles. The van der Waals surface area contributed by atoms with Crippen molar-refractivity contribution in [2.75, 3.05) is 23.5 Å². The highest BCUT2D eigenvalue weighted by Gasteiger charge is 2.37. The maximum atomic E-state index is 15.1. The second kappa shape index (κ2) is 32.6. The number of thiol groups is 2. The Balaban J connectivity index is 1.28. The molecule has 3 heterocycles. The molecule has 0 saturated carbocycles. The van der Waals surface area contributed by atoms with Crippen molar-refractivity contribution in [2.45, 2.75) is 119 Å². The van der Waals surface area contributed by atoms with Gasteiger partial charge in [-0.1, -0.05) is 66.7 Å². The molecule has 6 aromatic rings. The maximum Gasteiger partial charge on any atom is 0.253 e. The average Bonchev–Trinajstić information content (AvgIpc) is 4.13. The number of nitrogens with zero attached hydrogens (tertiary/aromatic N) is 1. The molecule has 0 radical (unpaired) electrons. The number of hydrogen-bond donors (Lipinski definition) is 18. The summed E-state index contributed by atoms with van der Waals surface area (Å²) in [5, 5.41) is 64.4. The van der Waals surface area contributed by atoms with E-state index in [-0.39, 0.29) is 55.7 Å². The minimum Gasteiger partial charge on any atom is -0.391 e. The fourth-order valence-electron chi connectivity index (χ4n) is 9.13. The molecule has 0 bridgehead atoms. The van der Waals surface area contributed by atoms with E-state index in [1.54, 1.807) is 42.6 Å². The lowest BCUT2D eigenvalue weighted by Gasteiger charge is -2.29. The fraction of sp³-hybridized carbons (Fsp3) is 0.386. The molecule has 0 unspecified atom stereocenters. The molecule has 10 atom stereocenters. The number of pyridine rings is 1. The third kappa shape index (κ3) is 18.9. The number of aromatic nitrogens is 2. The van der Waals surface area contributed by atoms with Gasteiger partial charge < -0.3 is 79.1 Å². The summed E-state index contributed by atoms with van der Waals surface area (Å²) in [6, 6.07) is 14.8. The molecule has 0 aliphatic carbocycles. The van der Waals surface area contributed by atoms with Crippen molar-refractivity contribution in [3.63, 3.8) is 0 Å². The van der Waals surface area contributed by atoms with Crippen LogP contribution in [0.5, 0.6) is 0 Å². The van der Waals surface area contributed by atoms with Crippen LogP contribution in [0.1, 0.15) is 60.2 Å². The van der Waals surface area contributed by atoms with Gasteiger partial charge in [0.15, 0.2) is 6.29 Å². The predicted octanol–water partition coefficient (Wildman–Crippen LogP) is -0.656. The summed E-state index contributed by atoms with van der Waals surface area (Å²) >= 11 is 9.97. The zero-order valence-electron chi connectivity index (χ0n) is 46.6. The number of carbonyl (C=O) groups is 8. The number of nitrogens with two attached hydrogens (primary N) is 2. The number of amides is 8. The second-order valence-electron chi connectivity index (χ2n) is 20.2. The van der Waals surface area contributed by atoms with E-state index in [1.807, 2.05) is 47.8 Å². The number of hydrazine groups is 1. The van der Waals surface area contributed by atoms with Gasteiger partial charge >= 0.3 is 0 Å². The van der Waals surface area contributed by atoms with Gasteiger partial charge in [0, 0.05) is 58.8 Å². The number of nitrogens with one attached hydrogen (secondary N) is 10. The second-order valence-corrected chi connectivity index (χ2v) is 21.8.